The van der Waals surface area contributed by atoms with Crippen molar-refractivity contribution in [1.29, 1.82) is 0 Å². The van der Waals surface area contributed by atoms with E-state index in [0.29, 0.717) is 0 Å². The molecule has 0 N–H and O–H groups in total. The summed E-state index contributed by atoms with van der Waals surface area (Å²) in [5.41, 5.74) is -26.2. The highest BCUT2D eigenvalue weighted by atomic mass is 19.4. The SMILES string of the molecule is FC(F)(F)C1=C(C(F)(F)F)C(C(F)(F)F)(C(F)(F)F)C1(C(F)(F)F)C(F)(F)F. The van der Waals surface area contributed by atoms with Crippen molar-refractivity contribution in [2.45, 2.75) is 37.1 Å². The van der Waals surface area contributed by atoms with Gasteiger partial charge in [-0.3, -0.25) is 0 Å². The Morgan fingerprint density at radius 2 is 0.464 bits per heavy atom. The van der Waals surface area contributed by atoms with E-state index in [1.807, 2.05) is 0 Å². The van der Waals surface area contributed by atoms with Gasteiger partial charge >= 0.3 is 37.1 Å². The molecule has 0 aromatic rings. The lowest BCUT2D eigenvalue weighted by Gasteiger charge is -2.61. The topological polar surface area (TPSA) is 0 Å². The molecule has 0 nitrogen and oxygen atoms in total. The van der Waals surface area contributed by atoms with Crippen LogP contribution in [0.25, 0.3) is 0 Å². The van der Waals surface area contributed by atoms with Crippen LogP contribution in [0.1, 0.15) is 0 Å². The summed E-state index contributed by atoms with van der Waals surface area (Å²) in [5.74, 6) is 0. The van der Waals surface area contributed by atoms with Gasteiger partial charge in [0.05, 0.1) is 11.1 Å². The second-order valence-electron chi connectivity index (χ2n) is 5.24. The Morgan fingerprint density at radius 1 is 0.321 bits per heavy atom. The first-order valence-electron chi connectivity index (χ1n) is 5.90. The Kier molecular flexibility index (Phi) is 4.85. The fraction of sp³-hybridized carbons (Fsp3) is 0.800. The van der Waals surface area contributed by atoms with Crippen LogP contribution in [-0.2, 0) is 0 Å². The predicted octanol–water partition coefficient (Wildman–Crippen LogP) is 6.64. The maximum Gasteiger partial charge on any atom is 0.414 e. The quantitative estimate of drug-likeness (QED) is 0.280. The molecule has 0 saturated carbocycles. The van der Waals surface area contributed by atoms with E-state index in [0.717, 1.165) is 0 Å². The van der Waals surface area contributed by atoms with Crippen molar-refractivity contribution in [2.75, 3.05) is 0 Å². The smallest absolute Gasteiger partial charge is 0.170 e. The number of hydrogen-bond donors (Lipinski definition) is 0. The second-order valence-corrected chi connectivity index (χ2v) is 5.24. The third-order valence-corrected chi connectivity index (χ3v) is 3.83. The Hall–Kier alpha value is -1.52. The third kappa shape index (κ3) is 2.64. The maximum atomic E-state index is 12.9. The van der Waals surface area contributed by atoms with E-state index in [1.54, 1.807) is 0 Å². The lowest BCUT2D eigenvalue weighted by Crippen LogP contribution is -2.80. The van der Waals surface area contributed by atoms with Gasteiger partial charge in [0.2, 0.25) is 10.8 Å². The minimum Gasteiger partial charge on any atom is -0.170 e. The van der Waals surface area contributed by atoms with Crippen LogP contribution in [0.2, 0.25) is 0 Å². The van der Waals surface area contributed by atoms with Crippen LogP contribution in [0.15, 0.2) is 11.1 Å². The van der Waals surface area contributed by atoms with Crippen molar-refractivity contribution in [3.8, 4) is 0 Å². The van der Waals surface area contributed by atoms with Gasteiger partial charge in [-0.1, -0.05) is 0 Å². The molecule has 0 heterocycles. The van der Waals surface area contributed by atoms with E-state index < -0.39 is 59.0 Å². The standard InChI is InChI=1S/C10F18/c11-5(12,13)1-2(6(14,15)16)4(9(23,24)25,10(26,27)28)3(1,7(17,18)19)8(20,21)22. The summed E-state index contributed by atoms with van der Waals surface area (Å²) >= 11 is 0. The molecule has 0 aliphatic heterocycles. The lowest BCUT2D eigenvalue weighted by atomic mass is 9.43. The summed E-state index contributed by atoms with van der Waals surface area (Å²) in [6.07, 6.45) is -47.6. The number of alkyl halides is 18. The highest BCUT2D eigenvalue weighted by Gasteiger charge is 3.04. The Balaban J connectivity index is 4.60. The number of hydrogen-bond acceptors (Lipinski definition) is 0. The zero-order valence-electron chi connectivity index (χ0n) is 11.8. The summed E-state index contributed by atoms with van der Waals surface area (Å²) < 4.78 is 231. The van der Waals surface area contributed by atoms with Crippen molar-refractivity contribution in [1.82, 2.24) is 0 Å². The maximum absolute atomic E-state index is 12.9. The van der Waals surface area contributed by atoms with Crippen LogP contribution >= 0.6 is 0 Å². The van der Waals surface area contributed by atoms with E-state index in [4.69, 9.17) is 0 Å². The molecule has 28 heavy (non-hydrogen) atoms. The van der Waals surface area contributed by atoms with Gasteiger partial charge in [0.15, 0.2) is 0 Å². The first-order valence-corrected chi connectivity index (χ1v) is 5.90. The van der Waals surface area contributed by atoms with Gasteiger partial charge < -0.3 is 0 Å². The minimum absolute atomic E-state index is 5.08. The normalized spacial score (nSPS) is 21.6. The fourth-order valence-electron chi connectivity index (χ4n) is 3.13. The fourth-order valence-corrected chi connectivity index (χ4v) is 3.13. The van der Waals surface area contributed by atoms with Crippen molar-refractivity contribution in [3.63, 3.8) is 0 Å². The van der Waals surface area contributed by atoms with Crippen LogP contribution in [0, 0.1) is 10.8 Å². The zero-order valence-corrected chi connectivity index (χ0v) is 11.8. The monoisotopic (exact) mass is 462 g/mol. The summed E-state index contributed by atoms with van der Waals surface area (Å²) in [6.45, 7) is 0. The predicted molar refractivity (Wildman–Crippen MR) is 48.2 cm³/mol. The molecular formula is C10F18. The largest absolute Gasteiger partial charge is 0.414 e. The minimum atomic E-state index is -8.14. The zero-order chi connectivity index (χ0) is 23.2. The molecule has 0 atom stereocenters. The molecule has 0 amide bonds. The molecule has 0 fully saturated rings. The van der Waals surface area contributed by atoms with Gasteiger partial charge in [0.25, 0.3) is 0 Å². The van der Waals surface area contributed by atoms with E-state index in [9.17, 15) is 79.0 Å². The number of allylic oxidation sites excluding steroid dienone is 2. The first kappa shape index (κ1) is 24.5. The van der Waals surface area contributed by atoms with Crippen molar-refractivity contribution >= 4 is 0 Å². The molecular weight excluding hydrogens is 462 g/mol. The molecule has 0 radical (unpaired) electrons. The second kappa shape index (κ2) is 5.54. The van der Waals surface area contributed by atoms with Crippen molar-refractivity contribution < 1.29 is 79.0 Å². The highest BCUT2D eigenvalue weighted by molar-refractivity contribution is 5.55. The molecule has 0 bridgehead atoms. The van der Waals surface area contributed by atoms with Crippen LogP contribution in [0.3, 0.4) is 0 Å². The summed E-state index contributed by atoms with van der Waals surface area (Å²) in [4.78, 5) is 0. The Labute approximate surface area is 139 Å². The van der Waals surface area contributed by atoms with E-state index >= 15 is 0 Å². The molecule has 1 aliphatic rings. The average Bonchev–Trinajstić information content (AvgIpc) is 2.13. The molecule has 0 spiro atoms. The van der Waals surface area contributed by atoms with Gasteiger partial charge in [-0.15, -0.1) is 0 Å². The number of rotatable bonds is 0. The average molecular weight is 462 g/mol. The Morgan fingerprint density at radius 3 is 0.536 bits per heavy atom. The van der Waals surface area contributed by atoms with Crippen LogP contribution in [0.5, 0.6) is 0 Å². The van der Waals surface area contributed by atoms with Gasteiger partial charge in [-0.2, -0.15) is 79.0 Å². The van der Waals surface area contributed by atoms with Crippen molar-refractivity contribution in [2.24, 2.45) is 10.8 Å². The molecule has 166 valence electrons. The molecule has 0 saturated heterocycles. The van der Waals surface area contributed by atoms with Crippen LogP contribution in [0.4, 0.5) is 79.0 Å². The Bertz CT molecular complexity index is 565. The van der Waals surface area contributed by atoms with E-state index in [2.05, 4.69) is 0 Å². The molecule has 0 aromatic carbocycles. The molecule has 0 unspecified atom stereocenters. The molecule has 18 heteroatoms. The third-order valence-electron chi connectivity index (χ3n) is 3.83. The van der Waals surface area contributed by atoms with E-state index in [-0.39, 0.29) is 0 Å². The van der Waals surface area contributed by atoms with E-state index in [1.165, 1.54) is 0 Å². The first-order chi connectivity index (χ1) is 11.7. The summed E-state index contributed by atoms with van der Waals surface area (Å²) in [5, 5.41) is 0. The van der Waals surface area contributed by atoms with Crippen LogP contribution < -0.4 is 0 Å². The van der Waals surface area contributed by atoms with Crippen LogP contribution in [-0.4, -0.2) is 37.1 Å². The highest BCUT2D eigenvalue weighted by Crippen LogP contribution is 2.84. The van der Waals surface area contributed by atoms with Crippen molar-refractivity contribution in [3.05, 3.63) is 11.1 Å². The lowest BCUT2D eigenvalue weighted by molar-refractivity contribution is -0.477. The summed E-state index contributed by atoms with van der Waals surface area (Å²) in [7, 11) is 0. The van der Waals surface area contributed by atoms with Gasteiger partial charge in [0.1, 0.15) is 0 Å². The number of halogens is 18. The van der Waals surface area contributed by atoms with Gasteiger partial charge in [-0.05, 0) is 0 Å². The summed E-state index contributed by atoms with van der Waals surface area (Å²) in [6, 6.07) is 0. The van der Waals surface area contributed by atoms with Gasteiger partial charge in [0, 0.05) is 0 Å². The molecule has 1 rings (SSSR count). The molecule has 1 aliphatic carbocycles. The van der Waals surface area contributed by atoms with Gasteiger partial charge in [-0.25, -0.2) is 0 Å². The molecule has 0 aromatic heterocycles.